The van der Waals surface area contributed by atoms with Gasteiger partial charge in [0.2, 0.25) is 0 Å². The largest absolute Gasteiger partial charge is 0.379 e. The predicted molar refractivity (Wildman–Crippen MR) is 81.2 cm³/mol. The molecule has 0 aliphatic heterocycles. The zero-order valence-corrected chi connectivity index (χ0v) is 12.3. The number of benzene rings is 2. The minimum atomic E-state index is -3.86. The molecule has 0 radical (unpaired) electrons. The van der Waals surface area contributed by atoms with E-state index in [1.54, 1.807) is 24.3 Å². The summed E-state index contributed by atoms with van der Waals surface area (Å²) in [5.74, 6) is 0.148. The van der Waals surface area contributed by atoms with Crippen molar-refractivity contribution in [2.24, 2.45) is 0 Å². The summed E-state index contributed by atoms with van der Waals surface area (Å²) in [4.78, 5) is 0. The summed E-state index contributed by atoms with van der Waals surface area (Å²) in [6, 6.07) is 14.4. The van der Waals surface area contributed by atoms with Gasteiger partial charge in [0.15, 0.2) is 0 Å². The molecular formula is C15H10ClNO3S. The zero-order valence-electron chi connectivity index (χ0n) is 10.7. The van der Waals surface area contributed by atoms with Gasteiger partial charge in [-0.3, -0.25) is 0 Å². The highest BCUT2D eigenvalue weighted by Gasteiger charge is 2.08. The van der Waals surface area contributed by atoms with Crippen LogP contribution in [0.3, 0.4) is 0 Å². The van der Waals surface area contributed by atoms with E-state index in [9.17, 15) is 8.42 Å². The average Bonchev–Trinajstić information content (AvgIpc) is 2.47. The molecule has 0 bridgehead atoms. The van der Waals surface area contributed by atoms with Gasteiger partial charge in [0.1, 0.15) is 5.75 Å². The molecular weight excluding hydrogens is 310 g/mol. The minimum absolute atomic E-state index is 0.148. The van der Waals surface area contributed by atoms with E-state index in [-0.39, 0.29) is 5.75 Å². The van der Waals surface area contributed by atoms with Crippen molar-refractivity contribution in [3.8, 4) is 11.8 Å². The molecule has 0 heterocycles. The van der Waals surface area contributed by atoms with E-state index in [0.717, 1.165) is 5.41 Å². The summed E-state index contributed by atoms with van der Waals surface area (Å²) in [6.07, 6.45) is 1.41. The lowest BCUT2D eigenvalue weighted by atomic mass is 10.2. The van der Waals surface area contributed by atoms with Gasteiger partial charge in [0.05, 0.1) is 17.0 Å². The molecule has 2 rings (SSSR count). The number of halogens is 1. The van der Waals surface area contributed by atoms with Crippen molar-refractivity contribution in [2.75, 3.05) is 0 Å². The maximum Gasteiger partial charge on any atom is 0.332 e. The molecule has 2 aromatic rings. The normalized spacial score (nSPS) is 11.2. The molecule has 2 aromatic carbocycles. The van der Waals surface area contributed by atoms with Crippen molar-refractivity contribution in [2.45, 2.75) is 0 Å². The predicted octanol–water partition coefficient (Wildman–Crippen LogP) is 3.59. The Morgan fingerprint density at radius 2 is 1.67 bits per heavy atom. The Morgan fingerprint density at radius 1 is 1.05 bits per heavy atom. The van der Waals surface area contributed by atoms with Crippen LogP contribution in [0.15, 0.2) is 53.9 Å². The third-order valence-electron chi connectivity index (χ3n) is 2.49. The summed E-state index contributed by atoms with van der Waals surface area (Å²) in [6.45, 7) is 0. The van der Waals surface area contributed by atoms with Crippen LogP contribution in [0.2, 0.25) is 5.02 Å². The van der Waals surface area contributed by atoms with E-state index in [2.05, 4.69) is 0 Å². The summed E-state index contributed by atoms with van der Waals surface area (Å²) >= 11 is 5.74. The molecule has 0 aliphatic carbocycles. The molecule has 0 aliphatic rings. The standard InChI is InChI=1S/C15H10ClNO3S/c16-14-5-1-12(2-6-14)9-10-21(18,19)20-15-7-3-13(11-17)4-8-15/h1-10H/b10-9+. The van der Waals surface area contributed by atoms with Gasteiger partial charge in [-0.1, -0.05) is 23.7 Å². The first-order chi connectivity index (χ1) is 9.98. The molecule has 0 N–H and O–H groups in total. The topological polar surface area (TPSA) is 67.2 Å². The molecule has 0 unspecified atom stereocenters. The van der Waals surface area contributed by atoms with E-state index >= 15 is 0 Å². The van der Waals surface area contributed by atoms with Crippen LogP contribution in [0.5, 0.6) is 5.75 Å². The van der Waals surface area contributed by atoms with Gasteiger partial charge in [0.25, 0.3) is 0 Å². The van der Waals surface area contributed by atoms with E-state index in [0.29, 0.717) is 16.1 Å². The van der Waals surface area contributed by atoms with Crippen molar-refractivity contribution in [1.82, 2.24) is 0 Å². The lowest BCUT2D eigenvalue weighted by Crippen LogP contribution is -2.04. The molecule has 0 saturated heterocycles. The first-order valence-electron chi connectivity index (χ1n) is 5.87. The highest BCUT2D eigenvalue weighted by molar-refractivity contribution is 7.90. The number of rotatable bonds is 4. The van der Waals surface area contributed by atoms with Gasteiger partial charge in [-0.2, -0.15) is 13.7 Å². The van der Waals surface area contributed by atoms with E-state index < -0.39 is 10.1 Å². The number of hydrogen-bond acceptors (Lipinski definition) is 4. The van der Waals surface area contributed by atoms with Crippen LogP contribution in [-0.2, 0) is 10.1 Å². The van der Waals surface area contributed by atoms with Gasteiger partial charge < -0.3 is 4.18 Å². The third-order valence-corrected chi connectivity index (χ3v) is 3.64. The lowest BCUT2D eigenvalue weighted by molar-refractivity contribution is 0.497. The second-order valence-corrected chi connectivity index (χ2v) is 5.93. The molecule has 4 nitrogen and oxygen atoms in total. The molecule has 0 aromatic heterocycles. The molecule has 106 valence electrons. The third kappa shape index (κ3) is 4.63. The van der Waals surface area contributed by atoms with Crippen LogP contribution in [-0.4, -0.2) is 8.42 Å². The molecule has 0 spiro atoms. The lowest BCUT2D eigenvalue weighted by Gasteiger charge is -2.03. The minimum Gasteiger partial charge on any atom is -0.379 e. The molecule has 0 fully saturated rings. The summed E-state index contributed by atoms with van der Waals surface area (Å²) in [7, 11) is -3.86. The second kappa shape index (κ2) is 6.44. The molecule has 0 amide bonds. The Kier molecular flexibility index (Phi) is 4.63. The first-order valence-corrected chi connectivity index (χ1v) is 7.72. The van der Waals surface area contributed by atoms with Crippen LogP contribution in [0.1, 0.15) is 11.1 Å². The average molecular weight is 320 g/mol. The number of nitriles is 1. The fourth-order valence-electron chi connectivity index (χ4n) is 1.48. The van der Waals surface area contributed by atoms with Gasteiger partial charge in [-0.25, -0.2) is 0 Å². The maximum atomic E-state index is 11.8. The molecule has 21 heavy (non-hydrogen) atoms. The summed E-state index contributed by atoms with van der Waals surface area (Å²) in [5.41, 5.74) is 1.11. The number of hydrogen-bond donors (Lipinski definition) is 0. The smallest absolute Gasteiger partial charge is 0.332 e. The zero-order chi connectivity index (χ0) is 15.3. The van der Waals surface area contributed by atoms with Crippen LogP contribution in [0.25, 0.3) is 6.08 Å². The Labute approximate surface area is 128 Å². The number of nitrogens with zero attached hydrogens (tertiary/aromatic N) is 1. The van der Waals surface area contributed by atoms with E-state index in [1.165, 1.54) is 30.3 Å². The molecule has 0 saturated carbocycles. The summed E-state index contributed by atoms with van der Waals surface area (Å²) < 4.78 is 28.5. The first kappa shape index (κ1) is 15.1. The SMILES string of the molecule is N#Cc1ccc(OS(=O)(=O)/C=C/c2ccc(Cl)cc2)cc1. The fourth-order valence-corrected chi connectivity index (χ4v) is 2.37. The fraction of sp³-hybridized carbons (Fsp3) is 0. The van der Waals surface area contributed by atoms with Gasteiger partial charge in [-0.05, 0) is 48.0 Å². The summed E-state index contributed by atoms with van der Waals surface area (Å²) in [5, 5.41) is 10.2. The Bertz CT molecular complexity index is 788. The monoisotopic (exact) mass is 319 g/mol. The van der Waals surface area contributed by atoms with Crippen molar-refractivity contribution >= 4 is 27.8 Å². The Hall–Kier alpha value is -2.29. The highest BCUT2D eigenvalue weighted by atomic mass is 35.5. The Morgan fingerprint density at radius 3 is 2.24 bits per heavy atom. The van der Waals surface area contributed by atoms with E-state index in [1.807, 2.05) is 6.07 Å². The van der Waals surface area contributed by atoms with Crippen LogP contribution < -0.4 is 4.18 Å². The van der Waals surface area contributed by atoms with Crippen molar-refractivity contribution in [1.29, 1.82) is 5.26 Å². The highest BCUT2D eigenvalue weighted by Crippen LogP contribution is 2.16. The molecule has 0 atom stereocenters. The molecule has 6 heteroatoms. The van der Waals surface area contributed by atoms with Gasteiger partial charge >= 0.3 is 10.1 Å². The quantitative estimate of drug-likeness (QED) is 0.808. The van der Waals surface area contributed by atoms with Gasteiger partial charge in [-0.15, -0.1) is 0 Å². The van der Waals surface area contributed by atoms with Crippen LogP contribution >= 0.6 is 11.6 Å². The van der Waals surface area contributed by atoms with Crippen LogP contribution in [0, 0.1) is 11.3 Å². The van der Waals surface area contributed by atoms with Crippen LogP contribution in [0.4, 0.5) is 0 Å². The van der Waals surface area contributed by atoms with Crippen molar-refractivity contribution in [3.05, 3.63) is 70.1 Å². The van der Waals surface area contributed by atoms with Crippen molar-refractivity contribution < 1.29 is 12.6 Å². The Balaban J connectivity index is 2.11. The van der Waals surface area contributed by atoms with Crippen molar-refractivity contribution in [3.63, 3.8) is 0 Å². The van der Waals surface area contributed by atoms with Gasteiger partial charge in [0, 0.05) is 5.02 Å². The van der Waals surface area contributed by atoms with E-state index in [4.69, 9.17) is 21.0 Å². The maximum absolute atomic E-state index is 11.8. The second-order valence-electron chi connectivity index (χ2n) is 4.07.